The van der Waals surface area contributed by atoms with Crippen LogP contribution in [0.3, 0.4) is 0 Å². The summed E-state index contributed by atoms with van der Waals surface area (Å²) in [4.78, 5) is 11.1. The number of aryl methyl sites for hydroxylation is 1. The van der Waals surface area contributed by atoms with Gasteiger partial charge >= 0.3 is 5.97 Å². The Kier molecular flexibility index (Phi) is 4.01. The Bertz CT molecular complexity index is 390. The molecule has 1 aromatic rings. The third-order valence-electron chi connectivity index (χ3n) is 2.64. The van der Waals surface area contributed by atoms with Crippen molar-refractivity contribution in [2.24, 2.45) is 0 Å². The number of esters is 1. The lowest BCUT2D eigenvalue weighted by Gasteiger charge is -2.17. The Morgan fingerprint density at radius 1 is 1.50 bits per heavy atom. The highest BCUT2D eigenvalue weighted by Crippen LogP contribution is 2.22. The summed E-state index contributed by atoms with van der Waals surface area (Å²) in [6.07, 6.45) is -1.27. The van der Waals surface area contributed by atoms with Crippen molar-refractivity contribution >= 4 is 5.97 Å². The summed E-state index contributed by atoms with van der Waals surface area (Å²) in [6, 6.07) is 4.63. The van der Waals surface area contributed by atoms with Gasteiger partial charge < -0.3 is 9.84 Å². The second-order valence-corrected chi connectivity index (χ2v) is 3.77. The summed E-state index contributed by atoms with van der Waals surface area (Å²) in [7, 11) is 1.20. The number of methoxy groups -OCH3 is 1. The van der Waals surface area contributed by atoms with E-state index in [1.165, 1.54) is 13.2 Å². The van der Waals surface area contributed by atoms with Gasteiger partial charge in [0.25, 0.3) is 0 Å². The molecule has 1 aromatic carbocycles. The van der Waals surface area contributed by atoms with Crippen molar-refractivity contribution in [2.45, 2.75) is 25.9 Å². The molecule has 0 aromatic heterocycles. The molecule has 3 nitrogen and oxygen atoms in total. The van der Waals surface area contributed by atoms with Crippen LogP contribution in [0.15, 0.2) is 18.2 Å². The number of halogens is 1. The first-order chi connectivity index (χ1) is 7.47. The molecular weight excluding hydrogens is 211 g/mol. The summed E-state index contributed by atoms with van der Waals surface area (Å²) in [5, 5.41) is 9.60. The molecule has 1 rings (SSSR count). The molecule has 16 heavy (non-hydrogen) atoms. The van der Waals surface area contributed by atoms with Crippen LogP contribution in [-0.2, 0) is 9.53 Å². The van der Waals surface area contributed by atoms with E-state index < -0.39 is 18.0 Å². The summed E-state index contributed by atoms with van der Waals surface area (Å²) in [5.41, 5.74) is 1.10. The van der Waals surface area contributed by atoms with Crippen LogP contribution in [0.1, 0.15) is 24.0 Å². The van der Waals surface area contributed by atoms with Gasteiger partial charge in [-0.3, -0.25) is 0 Å². The number of benzene rings is 1. The lowest BCUT2D eigenvalue weighted by atomic mass is 9.94. The molecule has 0 saturated heterocycles. The Balaban J connectivity index is 2.91. The molecule has 0 radical (unpaired) electrons. The lowest BCUT2D eigenvalue weighted by Crippen LogP contribution is -2.27. The number of aliphatic hydroxyl groups is 1. The Morgan fingerprint density at radius 2 is 2.12 bits per heavy atom. The topological polar surface area (TPSA) is 46.5 Å². The van der Waals surface area contributed by atoms with Gasteiger partial charge in [0.1, 0.15) is 5.82 Å². The molecule has 2 unspecified atom stereocenters. The van der Waals surface area contributed by atoms with E-state index in [9.17, 15) is 14.3 Å². The molecule has 1 N–H and O–H groups in total. The van der Waals surface area contributed by atoms with Crippen LogP contribution in [-0.4, -0.2) is 24.3 Å². The maximum absolute atomic E-state index is 13.3. The van der Waals surface area contributed by atoms with Crippen LogP contribution in [0.2, 0.25) is 0 Å². The standard InChI is InChI=1S/C12H15FO3/c1-7-4-5-9(6-10(7)13)8(2)11(14)12(15)16-3/h4-6,8,11,14H,1-3H3. The van der Waals surface area contributed by atoms with Gasteiger partial charge in [-0.1, -0.05) is 19.1 Å². The molecule has 88 valence electrons. The number of aliphatic hydroxyl groups excluding tert-OH is 1. The number of hydrogen-bond acceptors (Lipinski definition) is 3. The molecular formula is C12H15FO3. The van der Waals surface area contributed by atoms with E-state index in [1.54, 1.807) is 26.0 Å². The molecule has 0 aliphatic heterocycles. The smallest absolute Gasteiger partial charge is 0.335 e. The molecule has 0 amide bonds. The van der Waals surface area contributed by atoms with Crippen molar-refractivity contribution in [2.75, 3.05) is 7.11 Å². The predicted octanol–water partition coefficient (Wildman–Crippen LogP) is 1.77. The van der Waals surface area contributed by atoms with E-state index in [-0.39, 0.29) is 5.82 Å². The SMILES string of the molecule is COC(=O)C(O)C(C)c1ccc(C)c(F)c1. The van der Waals surface area contributed by atoms with E-state index >= 15 is 0 Å². The first kappa shape index (κ1) is 12.6. The molecule has 4 heteroatoms. The van der Waals surface area contributed by atoms with Crippen LogP contribution in [0.4, 0.5) is 4.39 Å². The average Bonchev–Trinajstić information content (AvgIpc) is 2.29. The van der Waals surface area contributed by atoms with Gasteiger partial charge in [0, 0.05) is 5.92 Å². The fourth-order valence-corrected chi connectivity index (χ4v) is 1.40. The first-order valence-electron chi connectivity index (χ1n) is 4.99. The summed E-state index contributed by atoms with van der Waals surface area (Å²) < 4.78 is 17.7. The normalized spacial score (nSPS) is 14.3. The van der Waals surface area contributed by atoms with E-state index in [4.69, 9.17) is 0 Å². The Hall–Kier alpha value is -1.42. The van der Waals surface area contributed by atoms with E-state index in [0.29, 0.717) is 11.1 Å². The number of carbonyl (C=O) groups excluding carboxylic acids is 1. The maximum atomic E-state index is 13.3. The second-order valence-electron chi connectivity index (χ2n) is 3.77. The van der Waals surface area contributed by atoms with Crippen molar-refractivity contribution in [1.29, 1.82) is 0 Å². The van der Waals surface area contributed by atoms with Crippen molar-refractivity contribution < 1.29 is 19.0 Å². The van der Waals surface area contributed by atoms with Crippen LogP contribution in [0.25, 0.3) is 0 Å². The van der Waals surface area contributed by atoms with Crippen molar-refractivity contribution in [3.63, 3.8) is 0 Å². The molecule has 2 atom stereocenters. The van der Waals surface area contributed by atoms with Gasteiger partial charge in [0.15, 0.2) is 6.10 Å². The highest BCUT2D eigenvalue weighted by Gasteiger charge is 2.24. The third-order valence-corrected chi connectivity index (χ3v) is 2.64. The van der Waals surface area contributed by atoms with Crippen LogP contribution >= 0.6 is 0 Å². The highest BCUT2D eigenvalue weighted by molar-refractivity contribution is 5.75. The summed E-state index contributed by atoms with van der Waals surface area (Å²) >= 11 is 0. The minimum atomic E-state index is -1.27. The summed E-state index contributed by atoms with van der Waals surface area (Å²) in [5.74, 6) is -1.56. The minimum absolute atomic E-state index is 0.346. The lowest BCUT2D eigenvalue weighted by molar-refractivity contribution is -0.151. The van der Waals surface area contributed by atoms with E-state index in [2.05, 4.69) is 4.74 Å². The zero-order chi connectivity index (χ0) is 12.3. The summed E-state index contributed by atoms with van der Waals surface area (Å²) in [6.45, 7) is 3.30. The zero-order valence-electron chi connectivity index (χ0n) is 9.53. The minimum Gasteiger partial charge on any atom is -0.467 e. The van der Waals surface area contributed by atoms with E-state index in [0.717, 1.165) is 0 Å². The molecule has 0 heterocycles. The largest absolute Gasteiger partial charge is 0.467 e. The number of ether oxygens (including phenoxy) is 1. The molecule has 0 spiro atoms. The van der Waals surface area contributed by atoms with Gasteiger partial charge in [-0.05, 0) is 24.1 Å². The molecule has 0 aliphatic rings. The van der Waals surface area contributed by atoms with Gasteiger partial charge in [0.2, 0.25) is 0 Å². The van der Waals surface area contributed by atoms with E-state index in [1.807, 2.05) is 0 Å². The predicted molar refractivity (Wildman–Crippen MR) is 57.6 cm³/mol. The molecule has 0 bridgehead atoms. The molecule has 0 fully saturated rings. The van der Waals surface area contributed by atoms with Gasteiger partial charge in [-0.25, -0.2) is 9.18 Å². The van der Waals surface area contributed by atoms with Crippen LogP contribution < -0.4 is 0 Å². The van der Waals surface area contributed by atoms with Crippen LogP contribution in [0.5, 0.6) is 0 Å². The van der Waals surface area contributed by atoms with Crippen LogP contribution in [0, 0.1) is 12.7 Å². The number of rotatable bonds is 3. The quantitative estimate of drug-likeness (QED) is 0.799. The fraction of sp³-hybridized carbons (Fsp3) is 0.417. The average molecular weight is 226 g/mol. The zero-order valence-corrected chi connectivity index (χ0v) is 9.53. The Labute approximate surface area is 93.9 Å². The van der Waals surface area contributed by atoms with Gasteiger partial charge in [-0.2, -0.15) is 0 Å². The molecule has 0 saturated carbocycles. The monoisotopic (exact) mass is 226 g/mol. The molecule has 0 aliphatic carbocycles. The van der Waals surface area contributed by atoms with Gasteiger partial charge in [0.05, 0.1) is 7.11 Å². The van der Waals surface area contributed by atoms with Crippen molar-refractivity contribution in [3.05, 3.63) is 35.1 Å². The second kappa shape index (κ2) is 5.07. The Morgan fingerprint density at radius 3 is 2.62 bits per heavy atom. The maximum Gasteiger partial charge on any atom is 0.335 e. The fourth-order valence-electron chi connectivity index (χ4n) is 1.40. The van der Waals surface area contributed by atoms with Crippen molar-refractivity contribution in [1.82, 2.24) is 0 Å². The highest BCUT2D eigenvalue weighted by atomic mass is 19.1. The first-order valence-corrected chi connectivity index (χ1v) is 4.99. The number of hydrogen-bond donors (Lipinski definition) is 1. The van der Waals surface area contributed by atoms with Crippen molar-refractivity contribution in [3.8, 4) is 0 Å². The van der Waals surface area contributed by atoms with Gasteiger partial charge in [-0.15, -0.1) is 0 Å². The number of carbonyl (C=O) groups is 1. The third kappa shape index (κ3) is 2.58.